The molecule has 0 aliphatic heterocycles. The largest absolute Gasteiger partial charge is 0.481 e. The van der Waals surface area contributed by atoms with E-state index in [2.05, 4.69) is 20.7 Å². The van der Waals surface area contributed by atoms with E-state index >= 15 is 0 Å². The lowest BCUT2D eigenvalue weighted by atomic mass is 10.2. The molecule has 1 amide bonds. The van der Waals surface area contributed by atoms with Crippen LogP contribution in [0, 0.1) is 0 Å². The summed E-state index contributed by atoms with van der Waals surface area (Å²) in [6.45, 7) is 0.375. The van der Waals surface area contributed by atoms with Gasteiger partial charge in [0.25, 0.3) is 0 Å². The van der Waals surface area contributed by atoms with Crippen molar-refractivity contribution in [3.8, 4) is 11.4 Å². The monoisotopic (exact) mass is 321 g/mol. The zero-order valence-corrected chi connectivity index (χ0v) is 12.5. The number of carbonyl (C=O) groups is 2. The lowest BCUT2D eigenvalue weighted by Gasteiger charge is -2.03. The molecule has 1 heterocycles. The molecule has 0 atom stereocenters. The summed E-state index contributed by atoms with van der Waals surface area (Å²) in [5.41, 5.74) is 0.833. The van der Waals surface area contributed by atoms with Crippen molar-refractivity contribution >= 4 is 23.6 Å². The number of hydrogen-bond donors (Lipinski definition) is 2. The van der Waals surface area contributed by atoms with Crippen molar-refractivity contribution in [2.75, 3.05) is 18.1 Å². The topological polar surface area (TPSA) is 110 Å². The number of aromatic nitrogens is 4. The molecule has 0 bridgehead atoms. The van der Waals surface area contributed by atoms with Gasteiger partial charge in [-0.2, -0.15) is 4.80 Å². The summed E-state index contributed by atoms with van der Waals surface area (Å²) in [5.74, 6) is -0.0751. The van der Waals surface area contributed by atoms with Crippen molar-refractivity contribution in [1.82, 2.24) is 25.5 Å². The first-order chi connectivity index (χ1) is 10.6. The van der Waals surface area contributed by atoms with Crippen molar-refractivity contribution < 1.29 is 14.7 Å². The van der Waals surface area contributed by atoms with E-state index in [1.165, 1.54) is 16.6 Å². The minimum atomic E-state index is -0.864. The minimum Gasteiger partial charge on any atom is -0.481 e. The van der Waals surface area contributed by atoms with E-state index in [9.17, 15) is 9.59 Å². The van der Waals surface area contributed by atoms with Gasteiger partial charge in [-0.1, -0.05) is 30.3 Å². The third-order valence-corrected chi connectivity index (χ3v) is 3.51. The Bertz CT molecular complexity index is 632. The first kappa shape index (κ1) is 16.0. The summed E-state index contributed by atoms with van der Waals surface area (Å²) in [4.78, 5) is 23.2. The van der Waals surface area contributed by atoms with Gasteiger partial charge in [-0.3, -0.25) is 9.59 Å². The van der Waals surface area contributed by atoms with Gasteiger partial charge in [0.15, 0.2) is 0 Å². The summed E-state index contributed by atoms with van der Waals surface area (Å²) < 4.78 is 0. The number of hydrogen-bond acceptors (Lipinski definition) is 6. The van der Waals surface area contributed by atoms with Crippen LogP contribution < -0.4 is 5.32 Å². The predicted molar refractivity (Wildman–Crippen MR) is 81.2 cm³/mol. The maximum absolute atomic E-state index is 11.7. The first-order valence-corrected chi connectivity index (χ1v) is 7.70. The van der Waals surface area contributed by atoms with E-state index in [0.717, 1.165) is 5.56 Å². The van der Waals surface area contributed by atoms with Crippen molar-refractivity contribution in [3.63, 3.8) is 0 Å². The van der Waals surface area contributed by atoms with Crippen LogP contribution in [0.25, 0.3) is 11.4 Å². The number of thioether (sulfide) groups is 1. The van der Waals surface area contributed by atoms with Gasteiger partial charge < -0.3 is 10.4 Å². The SMILES string of the molecule is O=C(O)CSCCNC(=O)Cn1nnc(-c2ccccc2)n1. The molecule has 116 valence electrons. The van der Waals surface area contributed by atoms with Crippen LogP contribution in [0.3, 0.4) is 0 Å². The van der Waals surface area contributed by atoms with Gasteiger partial charge in [0.2, 0.25) is 11.7 Å². The van der Waals surface area contributed by atoms with E-state index < -0.39 is 5.97 Å². The van der Waals surface area contributed by atoms with Crippen LogP contribution >= 0.6 is 11.8 Å². The van der Waals surface area contributed by atoms with Gasteiger partial charge in [-0.05, 0) is 5.21 Å². The number of carboxylic acids is 1. The predicted octanol–water partition coefficient (Wildman–Crippen LogP) is 0.274. The summed E-state index contributed by atoms with van der Waals surface area (Å²) >= 11 is 1.25. The molecule has 1 aromatic heterocycles. The molecule has 0 aliphatic rings. The third kappa shape index (κ3) is 5.17. The van der Waals surface area contributed by atoms with Crippen LogP contribution in [0.1, 0.15) is 0 Å². The second-order valence-electron chi connectivity index (χ2n) is 4.31. The van der Waals surface area contributed by atoms with Crippen LogP contribution in [0.15, 0.2) is 30.3 Å². The number of tetrazole rings is 1. The number of nitrogens with one attached hydrogen (secondary N) is 1. The molecular weight excluding hydrogens is 306 g/mol. The number of carbonyl (C=O) groups excluding carboxylic acids is 1. The second kappa shape index (κ2) is 8.13. The molecule has 2 rings (SSSR count). The fraction of sp³-hybridized carbons (Fsp3) is 0.308. The highest BCUT2D eigenvalue weighted by Gasteiger charge is 2.08. The zero-order chi connectivity index (χ0) is 15.8. The smallest absolute Gasteiger partial charge is 0.313 e. The molecule has 0 saturated carbocycles. The number of amides is 1. The van der Waals surface area contributed by atoms with Crippen LogP contribution in [0.4, 0.5) is 0 Å². The Morgan fingerprint density at radius 2 is 2.05 bits per heavy atom. The van der Waals surface area contributed by atoms with Crippen LogP contribution in [-0.4, -0.2) is 55.2 Å². The van der Waals surface area contributed by atoms with Crippen LogP contribution in [0.5, 0.6) is 0 Å². The van der Waals surface area contributed by atoms with Gasteiger partial charge in [-0.25, -0.2) is 0 Å². The lowest BCUT2D eigenvalue weighted by Crippen LogP contribution is -2.30. The molecule has 22 heavy (non-hydrogen) atoms. The average Bonchev–Trinajstić information content (AvgIpc) is 2.96. The molecule has 0 unspecified atom stereocenters. The normalized spacial score (nSPS) is 10.4. The van der Waals surface area contributed by atoms with Gasteiger partial charge in [0, 0.05) is 17.9 Å². The van der Waals surface area contributed by atoms with E-state index in [1.54, 1.807) is 0 Å². The van der Waals surface area contributed by atoms with E-state index in [-0.39, 0.29) is 18.2 Å². The summed E-state index contributed by atoms with van der Waals surface area (Å²) in [5, 5.41) is 23.0. The molecule has 0 aliphatic carbocycles. The Morgan fingerprint density at radius 1 is 1.27 bits per heavy atom. The maximum atomic E-state index is 11.7. The van der Waals surface area contributed by atoms with E-state index in [1.807, 2.05) is 30.3 Å². The maximum Gasteiger partial charge on any atom is 0.313 e. The fourth-order valence-electron chi connectivity index (χ4n) is 1.62. The number of rotatable bonds is 8. The Hall–Kier alpha value is -2.42. The van der Waals surface area contributed by atoms with Crippen molar-refractivity contribution in [3.05, 3.63) is 30.3 Å². The van der Waals surface area contributed by atoms with Gasteiger partial charge in [0.05, 0.1) is 5.75 Å². The number of aliphatic carboxylic acids is 1. The van der Waals surface area contributed by atoms with Gasteiger partial charge >= 0.3 is 5.97 Å². The number of nitrogens with zero attached hydrogens (tertiary/aromatic N) is 4. The fourth-order valence-corrected chi connectivity index (χ4v) is 2.18. The quantitative estimate of drug-likeness (QED) is 0.672. The highest BCUT2D eigenvalue weighted by atomic mass is 32.2. The first-order valence-electron chi connectivity index (χ1n) is 6.54. The summed E-state index contributed by atoms with van der Waals surface area (Å²) in [6, 6.07) is 9.36. The van der Waals surface area contributed by atoms with Crippen molar-refractivity contribution in [1.29, 1.82) is 0 Å². The summed E-state index contributed by atoms with van der Waals surface area (Å²) in [6.07, 6.45) is 0. The molecule has 0 radical (unpaired) electrons. The van der Waals surface area contributed by atoms with Crippen molar-refractivity contribution in [2.24, 2.45) is 0 Å². The number of benzene rings is 1. The minimum absolute atomic E-state index is 0.0244. The molecule has 9 heteroatoms. The van der Waals surface area contributed by atoms with E-state index in [4.69, 9.17) is 5.11 Å². The lowest BCUT2D eigenvalue weighted by molar-refractivity contribution is -0.133. The van der Waals surface area contributed by atoms with Crippen molar-refractivity contribution in [2.45, 2.75) is 6.54 Å². The molecule has 0 spiro atoms. The molecule has 0 fully saturated rings. The Morgan fingerprint density at radius 3 is 2.77 bits per heavy atom. The van der Waals surface area contributed by atoms with E-state index in [0.29, 0.717) is 18.1 Å². The molecule has 0 saturated heterocycles. The standard InChI is InChI=1S/C13H15N5O3S/c19-11(14-6-7-22-9-12(20)21)8-18-16-13(15-17-18)10-4-2-1-3-5-10/h1-5H,6-9H2,(H,14,19)(H,20,21). The van der Waals surface area contributed by atoms with Gasteiger partial charge in [0.1, 0.15) is 6.54 Å². The average molecular weight is 321 g/mol. The molecule has 2 N–H and O–H groups in total. The molecule has 8 nitrogen and oxygen atoms in total. The summed E-state index contributed by atoms with van der Waals surface area (Å²) in [7, 11) is 0. The molecule has 1 aromatic carbocycles. The third-order valence-electron chi connectivity index (χ3n) is 2.56. The van der Waals surface area contributed by atoms with Gasteiger partial charge in [-0.15, -0.1) is 22.0 Å². The highest BCUT2D eigenvalue weighted by molar-refractivity contribution is 7.99. The zero-order valence-electron chi connectivity index (χ0n) is 11.7. The Labute approximate surface area is 130 Å². The molecule has 2 aromatic rings. The Balaban J connectivity index is 1.76. The van der Waals surface area contributed by atoms with Crippen LogP contribution in [0.2, 0.25) is 0 Å². The highest BCUT2D eigenvalue weighted by Crippen LogP contribution is 2.11. The Kier molecular flexibility index (Phi) is 5.90. The second-order valence-corrected chi connectivity index (χ2v) is 5.41. The number of carboxylic acid groups (broad SMARTS) is 1. The molecular formula is C13H15N5O3S. The van der Waals surface area contributed by atoms with Crippen LogP contribution in [-0.2, 0) is 16.1 Å².